The third-order valence-electron chi connectivity index (χ3n) is 16.3. The molecule has 0 aromatic heterocycles. The smallest absolute Gasteiger partial charge is 0.306 e. The van der Waals surface area contributed by atoms with E-state index in [1.54, 1.807) is 14.0 Å². The van der Waals surface area contributed by atoms with E-state index in [4.69, 9.17) is 66.3 Å². The topological polar surface area (TPSA) is 236 Å². The molecule has 21 heteroatoms. The van der Waals surface area contributed by atoms with E-state index in [1.807, 2.05) is 30.3 Å². The number of hydrogen-bond acceptors (Lipinski definition) is 19. The molecule has 1 rings (SSSR count). The van der Waals surface area contributed by atoms with Gasteiger partial charge in [-0.3, -0.25) is 14.4 Å². The second-order valence-corrected chi connectivity index (χ2v) is 25.9. The molecule has 96 heavy (non-hydrogen) atoms. The molecule has 0 aliphatic heterocycles. The summed E-state index contributed by atoms with van der Waals surface area (Å²) in [4.78, 5) is 39.9. The van der Waals surface area contributed by atoms with Gasteiger partial charge in [-0.15, -0.1) is 0 Å². The van der Waals surface area contributed by atoms with Gasteiger partial charge in [-0.05, 0) is 127 Å². The Morgan fingerprint density at radius 1 is 0.427 bits per heavy atom. The zero-order valence-corrected chi connectivity index (χ0v) is 61.4. The number of carboxylic acids is 1. The Bertz CT molecular complexity index is 1860. The Hall–Kier alpha value is -2.89. The van der Waals surface area contributed by atoms with E-state index in [0.29, 0.717) is 124 Å². The molecule has 0 aliphatic rings. The molecule has 5 atom stereocenters. The molecule has 560 valence electrons. The summed E-state index contributed by atoms with van der Waals surface area (Å²) in [6.45, 7) is 22.9. The quantitative estimate of drug-likeness (QED) is 0.0577. The average Bonchev–Trinajstić information content (AvgIpc) is 0.947. The number of carboxylic acid groups (broad SMARTS) is 1. The SMILES string of the molecule is CCCCCCCCCCCCNC(=O)C(CC(C)C(=O)SCCOCCOCCOCCOCCOCCOCCOCCOCCCCOCCCCOCCCCOCCCCOCCCCOCCCCOC)CC(CC(C#N)CC(CC)c1ccccc1)C(=O)O. The van der Waals surface area contributed by atoms with E-state index in [2.05, 4.69) is 25.2 Å². The lowest BCUT2D eigenvalue weighted by atomic mass is 9.79. The van der Waals surface area contributed by atoms with Crippen molar-refractivity contribution in [3.05, 3.63) is 35.9 Å². The number of methoxy groups -OCH3 is 1. The molecule has 1 amide bonds. The Labute approximate surface area is 586 Å². The van der Waals surface area contributed by atoms with E-state index in [9.17, 15) is 24.8 Å². The van der Waals surface area contributed by atoms with Crippen LogP contribution in [0.4, 0.5) is 0 Å². The monoisotopic (exact) mass is 1380 g/mol. The highest BCUT2D eigenvalue weighted by Crippen LogP contribution is 2.33. The van der Waals surface area contributed by atoms with Crippen molar-refractivity contribution in [2.75, 3.05) is 198 Å². The fraction of sp³-hybridized carbons (Fsp3) is 0.867. The first-order valence-corrected chi connectivity index (χ1v) is 38.4. The summed E-state index contributed by atoms with van der Waals surface area (Å²) in [5, 5.41) is 23.6. The number of unbranched alkanes of at least 4 members (excludes halogenated alkanes) is 15. The molecule has 0 saturated heterocycles. The molecule has 0 radical (unpaired) electrons. The Balaban J connectivity index is 1.98. The first-order chi connectivity index (χ1) is 47.3. The third kappa shape index (κ3) is 61.0. The molecule has 20 nitrogen and oxygen atoms in total. The molecule has 0 saturated carbocycles. The number of nitrogens with zero attached hydrogens (tertiary/aromatic N) is 1. The summed E-state index contributed by atoms with van der Waals surface area (Å²) in [6.07, 6.45) is 25.9. The van der Waals surface area contributed by atoms with Crippen molar-refractivity contribution in [1.29, 1.82) is 5.26 Å². The fourth-order valence-electron chi connectivity index (χ4n) is 10.6. The van der Waals surface area contributed by atoms with Gasteiger partial charge in [0.05, 0.1) is 111 Å². The fourth-order valence-corrected chi connectivity index (χ4v) is 11.4. The predicted octanol–water partition coefficient (Wildman–Crippen LogP) is 13.7. The molecule has 5 unspecified atom stereocenters. The van der Waals surface area contributed by atoms with Crippen LogP contribution in [0.1, 0.15) is 206 Å². The van der Waals surface area contributed by atoms with Crippen LogP contribution in [-0.4, -0.2) is 220 Å². The number of amides is 1. The minimum atomic E-state index is -1.02. The lowest BCUT2D eigenvalue weighted by molar-refractivity contribution is -0.143. The number of hydrogen-bond donors (Lipinski definition) is 2. The summed E-state index contributed by atoms with van der Waals surface area (Å²) >= 11 is 1.16. The van der Waals surface area contributed by atoms with Gasteiger partial charge in [0.2, 0.25) is 5.91 Å². The van der Waals surface area contributed by atoms with Gasteiger partial charge in [0.25, 0.3) is 0 Å². The second kappa shape index (κ2) is 73.3. The molecule has 2 N–H and O–H groups in total. The number of thioether (sulfide) groups is 1. The Kier molecular flexibility index (Phi) is 69.6. The van der Waals surface area contributed by atoms with Gasteiger partial charge in [0.1, 0.15) is 0 Å². The van der Waals surface area contributed by atoms with Gasteiger partial charge >= 0.3 is 5.97 Å². The highest BCUT2D eigenvalue weighted by molar-refractivity contribution is 8.13. The molecule has 1 aromatic rings. The Morgan fingerprint density at radius 2 is 0.771 bits per heavy atom. The molecule has 0 heterocycles. The first-order valence-electron chi connectivity index (χ1n) is 37.4. The van der Waals surface area contributed by atoms with Gasteiger partial charge in [-0.25, -0.2) is 0 Å². The van der Waals surface area contributed by atoms with Gasteiger partial charge in [-0.1, -0.05) is 121 Å². The van der Waals surface area contributed by atoms with Crippen LogP contribution >= 0.6 is 11.8 Å². The lowest BCUT2D eigenvalue weighted by Gasteiger charge is -2.25. The van der Waals surface area contributed by atoms with Crippen LogP contribution in [0.5, 0.6) is 0 Å². The number of carbonyl (C=O) groups is 3. The van der Waals surface area contributed by atoms with Crippen molar-refractivity contribution in [1.82, 2.24) is 5.32 Å². The van der Waals surface area contributed by atoms with Gasteiger partial charge in [0.15, 0.2) is 5.12 Å². The summed E-state index contributed by atoms with van der Waals surface area (Å²) in [6, 6.07) is 12.4. The Morgan fingerprint density at radius 3 is 1.12 bits per heavy atom. The van der Waals surface area contributed by atoms with Crippen LogP contribution in [0.25, 0.3) is 0 Å². The minimum Gasteiger partial charge on any atom is -0.481 e. The van der Waals surface area contributed by atoms with Crippen LogP contribution in [-0.2, 0) is 80.7 Å². The van der Waals surface area contributed by atoms with Crippen molar-refractivity contribution in [2.24, 2.45) is 23.7 Å². The first kappa shape index (κ1) is 91.1. The van der Waals surface area contributed by atoms with Gasteiger partial charge in [-0.2, -0.15) is 5.26 Å². The van der Waals surface area contributed by atoms with E-state index < -0.39 is 29.6 Å². The average molecular weight is 1390 g/mol. The highest BCUT2D eigenvalue weighted by atomic mass is 32.2. The maximum Gasteiger partial charge on any atom is 0.306 e. The van der Waals surface area contributed by atoms with Crippen LogP contribution in [0.2, 0.25) is 0 Å². The number of nitriles is 1. The zero-order valence-electron chi connectivity index (χ0n) is 60.6. The number of ether oxygens (including phenoxy) is 14. The normalized spacial score (nSPS) is 13.2. The van der Waals surface area contributed by atoms with Crippen LogP contribution < -0.4 is 5.32 Å². The molecule has 0 fully saturated rings. The van der Waals surface area contributed by atoms with Crippen molar-refractivity contribution in [3.63, 3.8) is 0 Å². The molecular formula is C75H136N2O18S. The van der Waals surface area contributed by atoms with Crippen molar-refractivity contribution >= 4 is 28.8 Å². The maximum atomic E-state index is 13.8. The zero-order chi connectivity index (χ0) is 69.4. The number of rotatable bonds is 78. The summed E-state index contributed by atoms with van der Waals surface area (Å²) in [5.41, 5.74) is 1.13. The van der Waals surface area contributed by atoms with Crippen LogP contribution in [0, 0.1) is 35.0 Å². The summed E-state index contributed by atoms with van der Waals surface area (Å²) < 4.78 is 78.6. The minimum absolute atomic E-state index is 0.0659. The predicted molar refractivity (Wildman–Crippen MR) is 381 cm³/mol. The molecular weight excluding hydrogens is 1250 g/mol. The second-order valence-electron chi connectivity index (χ2n) is 24.8. The van der Waals surface area contributed by atoms with Crippen molar-refractivity contribution < 1.29 is 85.8 Å². The molecule has 0 aliphatic carbocycles. The molecule has 0 spiro atoms. The number of benzene rings is 1. The van der Waals surface area contributed by atoms with Gasteiger partial charge in [0, 0.05) is 116 Å². The third-order valence-corrected chi connectivity index (χ3v) is 17.4. The van der Waals surface area contributed by atoms with E-state index in [0.717, 1.165) is 193 Å². The van der Waals surface area contributed by atoms with Gasteiger partial charge < -0.3 is 76.7 Å². The number of aliphatic carboxylic acids is 1. The van der Waals surface area contributed by atoms with Crippen molar-refractivity contribution in [2.45, 2.75) is 200 Å². The van der Waals surface area contributed by atoms with E-state index in [-0.39, 0.29) is 36.2 Å². The van der Waals surface area contributed by atoms with E-state index in [1.165, 1.54) is 44.9 Å². The van der Waals surface area contributed by atoms with Crippen molar-refractivity contribution in [3.8, 4) is 6.07 Å². The maximum absolute atomic E-state index is 13.8. The molecule has 0 bridgehead atoms. The summed E-state index contributed by atoms with van der Waals surface area (Å²) in [7, 11) is 1.73. The molecule has 1 aromatic carbocycles. The van der Waals surface area contributed by atoms with Crippen LogP contribution in [0.15, 0.2) is 30.3 Å². The highest BCUT2D eigenvalue weighted by Gasteiger charge is 2.33. The number of carbonyl (C=O) groups excluding carboxylic acids is 2. The lowest BCUT2D eigenvalue weighted by Crippen LogP contribution is -2.35. The largest absolute Gasteiger partial charge is 0.481 e. The van der Waals surface area contributed by atoms with E-state index >= 15 is 0 Å². The summed E-state index contributed by atoms with van der Waals surface area (Å²) in [5.74, 6) is -3.22. The standard InChI is InChI=1S/C75H136N2O18S/c1-5-7-8-9-10-11-12-13-14-18-33-77-73(78)71(65-72(74(79)80)64-68(66-76)63-69(6-2)70-31-16-15-17-32-70)62-67(3)75(81)96-61-60-95-59-58-94-57-56-93-55-54-92-53-52-91-51-50-90-49-48-89-47-46-88-45-30-29-44-87-43-28-27-42-86-41-26-25-40-85-39-24-23-38-84-37-22-21-36-83-35-20-19-34-82-4/h15-17,31-32,67-69,71-72H,5-14,18-30,33-65H2,1-4H3,(H,77,78)(H,79,80). The van der Waals surface area contributed by atoms with Crippen LogP contribution in [0.3, 0.4) is 0 Å². The number of nitrogens with one attached hydrogen (secondary N) is 1.